The molecule has 12 nitrogen and oxygen atoms in total. The summed E-state index contributed by atoms with van der Waals surface area (Å²) >= 11 is 0. The largest absolute Gasteiger partial charge is 0.461 e. The van der Waals surface area contributed by atoms with E-state index < -0.39 is 35.8 Å². The molecule has 0 aliphatic heterocycles. The van der Waals surface area contributed by atoms with Gasteiger partial charge in [0.1, 0.15) is 6.61 Å². The molecule has 0 atom stereocenters. The van der Waals surface area contributed by atoms with Gasteiger partial charge < -0.3 is 29.0 Å². The van der Waals surface area contributed by atoms with Crippen molar-refractivity contribution in [2.45, 2.75) is 27.7 Å². The molecule has 12 heteroatoms. The van der Waals surface area contributed by atoms with Gasteiger partial charge in [0.25, 0.3) is 0 Å². The lowest BCUT2D eigenvalue weighted by Crippen LogP contribution is -2.26. The van der Waals surface area contributed by atoms with Crippen LogP contribution in [0.2, 0.25) is 0 Å². The van der Waals surface area contributed by atoms with Crippen LogP contribution in [-0.4, -0.2) is 48.9 Å². The molecule has 0 radical (unpaired) electrons. The highest BCUT2D eigenvalue weighted by Crippen LogP contribution is 2.30. The zero-order valence-electron chi connectivity index (χ0n) is 22.2. The maximum absolute atomic E-state index is 12.1. The Morgan fingerprint density at radius 3 is 1.50 bits per heavy atom. The van der Waals surface area contributed by atoms with E-state index >= 15 is 0 Å². The number of amides is 1. The Hall–Kier alpha value is -5.26. The fourth-order valence-corrected chi connectivity index (χ4v) is 2.97. The van der Waals surface area contributed by atoms with Gasteiger partial charge in [0.2, 0.25) is 5.91 Å². The molecule has 40 heavy (non-hydrogen) atoms. The first-order valence-corrected chi connectivity index (χ1v) is 11.8. The molecule has 0 aliphatic rings. The van der Waals surface area contributed by atoms with Crippen LogP contribution in [0.1, 0.15) is 38.8 Å². The van der Waals surface area contributed by atoms with Crippen LogP contribution < -0.4 is 24.3 Å². The highest BCUT2D eigenvalue weighted by Gasteiger charge is 2.12. The molecule has 0 heterocycles. The molecular formula is C28H27NO11. The summed E-state index contributed by atoms with van der Waals surface area (Å²) < 4.78 is 25.1. The summed E-state index contributed by atoms with van der Waals surface area (Å²) in [5, 5.41) is 2.54. The minimum Gasteiger partial charge on any atom is -0.461 e. The molecule has 210 valence electrons. The lowest BCUT2D eigenvalue weighted by molar-refractivity contribution is -0.138. The third kappa shape index (κ3) is 11.4. The average Bonchev–Trinajstić information content (AvgIpc) is 2.85. The first kappa shape index (κ1) is 31.0. The Morgan fingerprint density at radius 2 is 1.05 bits per heavy atom. The number of hydrogen-bond donors (Lipinski definition) is 1. The highest BCUT2D eigenvalue weighted by molar-refractivity contribution is 5.92. The molecule has 0 spiro atoms. The number of hydrogen-bond acceptors (Lipinski definition) is 11. The van der Waals surface area contributed by atoms with Gasteiger partial charge >= 0.3 is 29.8 Å². The van der Waals surface area contributed by atoms with E-state index in [4.69, 9.17) is 23.7 Å². The zero-order chi connectivity index (χ0) is 29.7. The fraction of sp³-hybridized carbons (Fsp3) is 0.214. The van der Waals surface area contributed by atoms with Crippen molar-refractivity contribution >= 4 is 47.9 Å². The van der Waals surface area contributed by atoms with Crippen LogP contribution in [0.4, 0.5) is 0 Å². The number of nitrogens with one attached hydrogen (secondary N) is 1. The summed E-state index contributed by atoms with van der Waals surface area (Å²) in [4.78, 5) is 69.1. The Kier molecular flexibility index (Phi) is 11.8. The van der Waals surface area contributed by atoms with Gasteiger partial charge in [0, 0.05) is 39.8 Å². The molecule has 1 N–H and O–H groups in total. The van der Waals surface area contributed by atoms with Crippen LogP contribution in [0.15, 0.2) is 48.6 Å². The molecule has 0 fully saturated rings. The predicted octanol–water partition coefficient (Wildman–Crippen LogP) is 2.77. The molecule has 0 bridgehead atoms. The summed E-state index contributed by atoms with van der Waals surface area (Å²) in [5.74, 6) is -3.42. The Balaban J connectivity index is 1.87. The smallest absolute Gasteiger partial charge is 0.330 e. The van der Waals surface area contributed by atoms with E-state index in [9.17, 15) is 28.8 Å². The summed E-state index contributed by atoms with van der Waals surface area (Å²) in [6.07, 6.45) is 5.22. The molecule has 1 amide bonds. The maximum atomic E-state index is 12.1. The molecule has 0 aliphatic carbocycles. The summed E-state index contributed by atoms with van der Waals surface area (Å²) in [5.41, 5.74) is 0.969. The topological polar surface area (TPSA) is 161 Å². The second-order valence-electron chi connectivity index (χ2n) is 7.91. The summed E-state index contributed by atoms with van der Waals surface area (Å²) in [6.45, 7) is 4.72. The van der Waals surface area contributed by atoms with Crippen molar-refractivity contribution in [3.63, 3.8) is 0 Å². The predicted molar refractivity (Wildman–Crippen MR) is 140 cm³/mol. The summed E-state index contributed by atoms with van der Waals surface area (Å²) in [7, 11) is 0. The van der Waals surface area contributed by atoms with E-state index in [0.29, 0.717) is 11.1 Å². The van der Waals surface area contributed by atoms with Gasteiger partial charge in [-0.25, -0.2) is 4.79 Å². The van der Waals surface area contributed by atoms with Gasteiger partial charge in [-0.05, 0) is 47.5 Å². The molecule has 0 aromatic heterocycles. The van der Waals surface area contributed by atoms with Crippen molar-refractivity contribution in [1.29, 1.82) is 0 Å². The van der Waals surface area contributed by atoms with Gasteiger partial charge in [-0.3, -0.25) is 24.0 Å². The minimum absolute atomic E-state index is 0.0110. The van der Waals surface area contributed by atoms with Crippen LogP contribution in [0, 0.1) is 0 Å². The Bertz CT molecular complexity index is 1250. The molecule has 0 unspecified atom stereocenters. The number of carbonyl (C=O) groups is 6. The van der Waals surface area contributed by atoms with E-state index in [1.54, 1.807) is 12.1 Å². The van der Waals surface area contributed by atoms with Gasteiger partial charge in [0.15, 0.2) is 23.0 Å². The van der Waals surface area contributed by atoms with E-state index in [2.05, 4.69) is 5.32 Å². The quantitative estimate of drug-likeness (QED) is 0.189. The second kappa shape index (κ2) is 15.2. The van der Waals surface area contributed by atoms with Crippen LogP contribution >= 0.6 is 0 Å². The van der Waals surface area contributed by atoms with Crippen molar-refractivity contribution in [3.8, 4) is 23.0 Å². The van der Waals surface area contributed by atoms with E-state index in [1.807, 2.05) is 0 Å². The van der Waals surface area contributed by atoms with Crippen LogP contribution in [-0.2, 0) is 33.5 Å². The first-order valence-electron chi connectivity index (χ1n) is 11.8. The fourth-order valence-electron chi connectivity index (χ4n) is 2.97. The van der Waals surface area contributed by atoms with E-state index in [-0.39, 0.29) is 36.1 Å². The molecule has 0 saturated carbocycles. The lowest BCUT2D eigenvalue weighted by atomic mass is 10.2. The SMILES string of the molecule is CC(=O)Oc1ccc(/C=C/C(=O)NCCOC(=O)/C=C/c2ccc(OC(C)=O)c(OC(C)=O)c2)cc1OC(C)=O. The average molecular weight is 554 g/mol. The van der Waals surface area contributed by atoms with Gasteiger partial charge in [-0.15, -0.1) is 0 Å². The Morgan fingerprint density at radius 1 is 0.625 bits per heavy atom. The maximum Gasteiger partial charge on any atom is 0.330 e. The number of ether oxygens (including phenoxy) is 5. The van der Waals surface area contributed by atoms with Crippen LogP contribution in [0.5, 0.6) is 23.0 Å². The van der Waals surface area contributed by atoms with Crippen molar-refractivity contribution in [1.82, 2.24) is 5.32 Å². The number of esters is 5. The number of rotatable bonds is 11. The lowest BCUT2D eigenvalue weighted by Gasteiger charge is -2.09. The third-order valence-electron chi connectivity index (χ3n) is 4.43. The van der Waals surface area contributed by atoms with Crippen LogP contribution in [0.25, 0.3) is 12.2 Å². The molecule has 0 saturated heterocycles. The van der Waals surface area contributed by atoms with E-state index in [0.717, 1.165) is 6.08 Å². The van der Waals surface area contributed by atoms with Gasteiger partial charge in [-0.1, -0.05) is 12.1 Å². The second-order valence-corrected chi connectivity index (χ2v) is 7.91. The van der Waals surface area contributed by atoms with Crippen molar-refractivity contribution < 1.29 is 52.5 Å². The van der Waals surface area contributed by atoms with Crippen LogP contribution in [0.3, 0.4) is 0 Å². The summed E-state index contributed by atoms with van der Waals surface area (Å²) in [6, 6.07) is 8.78. The van der Waals surface area contributed by atoms with Crippen molar-refractivity contribution in [3.05, 3.63) is 59.7 Å². The molecular weight excluding hydrogens is 526 g/mol. The standard InChI is InChI=1S/C28H27NO11/c1-17(30)37-23-9-5-21(15-25(23)39-19(3)32)7-11-27(34)29-13-14-36-28(35)12-8-22-6-10-24(38-18(2)31)26(16-22)40-20(4)33/h5-12,15-16H,13-14H2,1-4H3,(H,29,34)/b11-7+,12-8+. The highest BCUT2D eigenvalue weighted by atomic mass is 16.6. The van der Waals surface area contributed by atoms with Crippen molar-refractivity contribution in [2.75, 3.05) is 13.2 Å². The van der Waals surface area contributed by atoms with Gasteiger partial charge in [0.05, 0.1) is 6.54 Å². The molecule has 2 aromatic rings. The van der Waals surface area contributed by atoms with Crippen molar-refractivity contribution in [2.24, 2.45) is 0 Å². The number of carbonyl (C=O) groups excluding carboxylic acids is 6. The third-order valence-corrected chi connectivity index (χ3v) is 4.43. The first-order chi connectivity index (χ1) is 18.9. The zero-order valence-corrected chi connectivity index (χ0v) is 22.2. The van der Waals surface area contributed by atoms with E-state index in [1.165, 1.54) is 70.2 Å². The Labute approximate surface area is 229 Å². The number of benzene rings is 2. The molecule has 2 aromatic carbocycles. The molecule has 2 rings (SSSR count). The monoisotopic (exact) mass is 553 g/mol. The normalized spacial score (nSPS) is 10.6. The van der Waals surface area contributed by atoms with Gasteiger partial charge in [-0.2, -0.15) is 0 Å². The minimum atomic E-state index is -0.686.